The third-order valence-electron chi connectivity index (χ3n) is 17.1. The van der Waals surface area contributed by atoms with Crippen LogP contribution in [0, 0.1) is 61.0 Å². The summed E-state index contributed by atoms with van der Waals surface area (Å²) in [4.78, 5) is 94.6. The number of piperidine rings is 4. The predicted octanol–water partition coefficient (Wildman–Crippen LogP) is 9.77. The number of aromatic nitrogens is 2. The van der Waals surface area contributed by atoms with Crippen LogP contribution in [-0.4, -0.2) is 143 Å². The molecule has 2 saturated carbocycles. The van der Waals surface area contributed by atoms with Crippen molar-refractivity contribution in [2.45, 2.75) is 130 Å². The first kappa shape index (κ1) is 58.9. The molecule has 6 aliphatic rings. The van der Waals surface area contributed by atoms with E-state index in [1.807, 2.05) is 34.1 Å². The molecule has 6 heterocycles. The molecule has 0 spiro atoms. The second kappa shape index (κ2) is 27.4. The minimum atomic E-state index is -0.330. The topological polar surface area (TPSA) is 189 Å². The van der Waals surface area contributed by atoms with Crippen LogP contribution in [0.2, 0.25) is 0 Å². The largest absolute Gasteiger partial charge is 0.342 e. The SMILES string of the molecule is CC(=O)c1sc(NC(=O)N[C@@H]2CCN(C(=O)C3CC3)C[C@H]2CN2CCC[C@@H](Cc3ccc(F)cc3)C2)nc1C.CC(=O)c1sc(NC(=O)N[C@@H]2CCN(C(=O)C3CCCC3)C[C@H]2CN2CCC[C@@H](Cc3ccc(F)cc3)C2)nc1C. The number of urea groups is 2. The Morgan fingerprint density at radius 3 is 1.30 bits per heavy atom. The molecule has 4 aliphatic heterocycles. The summed E-state index contributed by atoms with van der Waals surface area (Å²) in [5.74, 6) is 1.51. The number of ketones is 2. The van der Waals surface area contributed by atoms with Gasteiger partial charge in [-0.25, -0.2) is 28.3 Å². The predicted molar refractivity (Wildman–Crippen MR) is 308 cm³/mol. The molecule has 6 fully saturated rings. The fraction of sp³-hybridized carbons (Fsp3) is 0.600. The monoisotopic (exact) mass is 1140 g/mol. The number of nitrogens with one attached hydrogen (secondary N) is 4. The van der Waals surface area contributed by atoms with Gasteiger partial charge in [-0.15, -0.1) is 0 Å². The highest BCUT2D eigenvalue weighted by Crippen LogP contribution is 2.35. The number of Topliss-reactive ketones (excluding diaryl/α,β-unsaturated/α-hetero) is 2. The van der Waals surface area contributed by atoms with Gasteiger partial charge < -0.3 is 30.2 Å². The van der Waals surface area contributed by atoms with Crippen molar-refractivity contribution in [1.82, 2.24) is 40.2 Å². The molecule has 6 amide bonds. The molecule has 0 unspecified atom stereocenters. The molecule has 2 aliphatic carbocycles. The maximum atomic E-state index is 13.4. The van der Waals surface area contributed by atoms with Gasteiger partial charge in [-0.3, -0.25) is 29.8 Å². The Kier molecular flexibility index (Phi) is 20.2. The van der Waals surface area contributed by atoms with E-state index >= 15 is 0 Å². The van der Waals surface area contributed by atoms with E-state index in [4.69, 9.17) is 0 Å². The van der Waals surface area contributed by atoms with Crippen LogP contribution in [0.5, 0.6) is 0 Å². The van der Waals surface area contributed by atoms with E-state index in [9.17, 15) is 37.5 Å². The lowest BCUT2D eigenvalue weighted by Crippen LogP contribution is -2.57. The first-order chi connectivity index (χ1) is 38.5. The van der Waals surface area contributed by atoms with Gasteiger partial charge in [0.1, 0.15) is 11.6 Å². The third kappa shape index (κ3) is 16.3. The Morgan fingerprint density at radius 2 is 0.925 bits per heavy atom. The van der Waals surface area contributed by atoms with Crippen LogP contribution in [0.3, 0.4) is 0 Å². The number of amides is 6. The third-order valence-corrected chi connectivity index (χ3v) is 19.4. The number of likely N-dealkylation sites (tertiary alicyclic amines) is 4. The summed E-state index contributed by atoms with van der Waals surface area (Å²) in [5.41, 5.74) is 3.55. The number of rotatable bonds is 16. The van der Waals surface area contributed by atoms with Crippen LogP contribution >= 0.6 is 22.7 Å². The van der Waals surface area contributed by atoms with Crippen molar-refractivity contribution in [2.75, 3.05) is 76.1 Å². The molecule has 10 rings (SSSR count). The second-order valence-corrected chi connectivity index (χ2v) is 25.5. The molecule has 80 heavy (non-hydrogen) atoms. The number of benzene rings is 2. The number of carbonyl (C=O) groups is 6. The molecule has 2 aromatic carbocycles. The summed E-state index contributed by atoms with van der Waals surface area (Å²) < 4.78 is 26.7. The molecule has 16 nitrogen and oxygen atoms in total. The van der Waals surface area contributed by atoms with Crippen LogP contribution in [0.1, 0.15) is 133 Å². The Hall–Kier alpha value is -5.70. The molecule has 4 saturated heterocycles. The minimum absolute atomic E-state index is 0.0629. The number of hydrogen-bond donors (Lipinski definition) is 4. The van der Waals surface area contributed by atoms with Gasteiger partial charge in [0, 0.05) is 102 Å². The zero-order chi connectivity index (χ0) is 56.5. The Labute approximate surface area is 477 Å². The van der Waals surface area contributed by atoms with E-state index in [0.29, 0.717) is 82.3 Å². The quantitative estimate of drug-likeness (QED) is 0.0787. The lowest BCUT2D eigenvalue weighted by atomic mass is 9.87. The fourth-order valence-corrected chi connectivity index (χ4v) is 14.6. The van der Waals surface area contributed by atoms with Crippen LogP contribution in [0.25, 0.3) is 0 Å². The first-order valence-corrected chi connectivity index (χ1v) is 30.8. The summed E-state index contributed by atoms with van der Waals surface area (Å²) in [6.45, 7) is 14.6. The van der Waals surface area contributed by atoms with E-state index in [2.05, 4.69) is 41.0 Å². The minimum Gasteiger partial charge on any atom is -0.342 e. The lowest BCUT2D eigenvalue weighted by Gasteiger charge is -2.43. The van der Waals surface area contributed by atoms with Crippen LogP contribution < -0.4 is 21.3 Å². The van der Waals surface area contributed by atoms with E-state index < -0.39 is 0 Å². The Bertz CT molecular complexity index is 2800. The molecular formula is C60H80F2N10O6S2. The fourth-order valence-electron chi connectivity index (χ4n) is 12.9. The number of halogens is 2. The average molecular weight is 1140 g/mol. The average Bonchev–Trinajstić information content (AvgIpc) is 3.79. The van der Waals surface area contributed by atoms with Gasteiger partial charge >= 0.3 is 12.1 Å². The number of anilines is 2. The van der Waals surface area contributed by atoms with Crippen molar-refractivity contribution in [3.05, 3.63) is 92.4 Å². The van der Waals surface area contributed by atoms with Gasteiger partial charge in [0.15, 0.2) is 21.8 Å². The van der Waals surface area contributed by atoms with E-state index in [-0.39, 0.29) is 82.8 Å². The van der Waals surface area contributed by atoms with Crippen molar-refractivity contribution in [3.8, 4) is 0 Å². The molecule has 0 radical (unpaired) electrons. The second-order valence-electron chi connectivity index (χ2n) is 23.5. The first-order valence-electron chi connectivity index (χ1n) is 29.1. The molecule has 20 heteroatoms. The zero-order valence-electron chi connectivity index (χ0n) is 46.9. The number of carbonyl (C=O) groups excluding carboxylic acids is 6. The summed E-state index contributed by atoms with van der Waals surface area (Å²) in [7, 11) is 0. The van der Waals surface area contributed by atoms with Crippen molar-refractivity contribution in [3.63, 3.8) is 0 Å². The zero-order valence-corrected chi connectivity index (χ0v) is 48.5. The highest BCUT2D eigenvalue weighted by molar-refractivity contribution is 7.18. The molecular weight excluding hydrogens is 1060 g/mol. The maximum Gasteiger partial charge on any atom is 0.321 e. The van der Waals surface area contributed by atoms with Gasteiger partial charge in [0.05, 0.1) is 21.1 Å². The summed E-state index contributed by atoms with van der Waals surface area (Å²) in [5, 5.41) is 12.8. The van der Waals surface area contributed by atoms with Crippen molar-refractivity contribution < 1.29 is 37.5 Å². The van der Waals surface area contributed by atoms with E-state index in [1.54, 1.807) is 13.8 Å². The molecule has 2 aromatic heterocycles. The summed E-state index contributed by atoms with van der Waals surface area (Å²) >= 11 is 2.38. The van der Waals surface area contributed by atoms with Gasteiger partial charge in [-0.2, -0.15) is 0 Å². The number of thiazole rings is 2. The highest BCUT2D eigenvalue weighted by atomic mass is 32.1. The molecule has 0 bridgehead atoms. The summed E-state index contributed by atoms with van der Waals surface area (Å²) in [6, 6.07) is 12.8. The Balaban J connectivity index is 0.000000194. The van der Waals surface area contributed by atoms with Crippen molar-refractivity contribution >= 4 is 68.4 Å². The van der Waals surface area contributed by atoms with Crippen molar-refractivity contribution in [2.24, 2.45) is 35.5 Å². The lowest BCUT2D eigenvalue weighted by molar-refractivity contribution is -0.138. The van der Waals surface area contributed by atoms with Crippen LogP contribution in [-0.2, 0) is 22.4 Å². The van der Waals surface area contributed by atoms with Gasteiger partial charge in [0.25, 0.3) is 0 Å². The smallest absolute Gasteiger partial charge is 0.321 e. The normalized spacial score (nSPS) is 23.9. The number of hydrogen-bond acceptors (Lipinski definition) is 12. The molecule has 4 N–H and O–H groups in total. The van der Waals surface area contributed by atoms with E-state index in [0.717, 1.165) is 127 Å². The Morgan fingerprint density at radius 1 is 0.525 bits per heavy atom. The standard InChI is InChI=1S/C31H42FN5O3S.C29H38FN5O3S/c1-20-28(21(2)38)41-31(33-20)35-30(40)34-27-13-15-37(29(39)24-7-3-4-8-24)19-25(27)18-36-14-5-6-23(17-36)16-22-9-11-26(32)12-10-22;1-18-26(19(2)36)39-29(31-18)33-28(38)32-25-11-13-35(27(37)22-7-8-22)17-23(25)16-34-12-3-4-21(15-34)14-20-5-9-24(30)10-6-20/h9-12,23-25,27H,3-8,13-19H2,1-2H3,(H2,33,34,35,40);5-6,9-10,21-23,25H,3-4,7-8,11-17H2,1-2H3,(H2,31,32,33,38)/t23-,25+,27+;21-,23+,25+/m00/s1. The highest BCUT2D eigenvalue weighted by Gasteiger charge is 2.41. The molecule has 6 atom stereocenters. The molecule has 4 aromatic rings. The van der Waals surface area contributed by atoms with Gasteiger partial charge in [0.2, 0.25) is 11.8 Å². The van der Waals surface area contributed by atoms with Crippen molar-refractivity contribution in [1.29, 1.82) is 0 Å². The number of aryl methyl sites for hydroxylation is 2. The molecule has 432 valence electrons. The van der Waals surface area contributed by atoms with Gasteiger partial charge in [-0.05, 0) is 151 Å². The summed E-state index contributed by atoms with van der Waals surface area (Å²) in [6.07, 6.45) is 13.9. The number of nitrogens with zero attached hydrogens (tertiary/aromatic N) is 6. The van der Waals surface area contributed by atoms with Crippen LogP contribution in [0.4, 0.5) is 28.6 Å². The van der Waals surface area contributed by atoms with E-state index in [1.165, 1.54) is 60.8 Å². The maximum absolute atomic E-state index is 13.4. The van der Waals surface area contributed by atoms with Crippen LogP contribution in [0.15, 0.2) is 48.5 Å². The van der Waals surface area contributed by atoms with Gasteiger partial charge in [-0.1, -0.05) is 59.8 Å².